The fourth-order valence-corrected chi connectivity index (χ4v) is 4.66. The summed E-state index contributed by atoms with van der Waals surface area (Å²) in [4.78, 5) is 39.3. The number of carbonyl (C=O) groups excluding carboxylic acids is 3. The van der Waals surface area contributed by atoms with Crippen molar-refractivity contribution in [1.29, 1.82) is 10.5 Å². The van der Waals surface area contributed by atoms with E-state index in [-0.39, 0.29) is 5.56 Å². The molecule has 0 N–H and O–H groups in total. The minimum absolute atomic E-state index is 0.226. The Hall–Kier alpha value is -4.04. The number of benzene rings is 2. The van der Waals surface area contributed by atoms with E-state index in [1.54, 1.807) is 24.3 Å². The van der Waals surface area contributed by atoms with Crippen LogP contribution in [0.1, 0.15) is 28.5 Å². The van der Waals surface area contributed by atoms with Crippen LogP contribution < -0.4 is 0 Å². The summed E-state index contributed by atoms with van der Waals surface area (Å²) in [6.07, 6.45) is 0. The van der Waals surface area contributed by atoms with E-state index < -0.39 is 52.6 Å². The van der Waals surface area contributed by atoms with Crippen LogP contribution >= 0.6 is 0 Å². The van der Waals surface area contributed by atoms with E-state index in [9.17, 15) is 29.3 Å². The Morgan fingerprint density at radius 2 is 1.24 bits per heavy atom. The van der Waals surface area contributed by atoms with Crippen molar-refractivity contribution >= 4 is 17.7 Å². The molecule has 1 saturated carbocycles. The summed E-state index contributed by atoms with van der Waals surface area (Å²) in [6.45, 7) is 1.84. The average Bonchev–Trinajstić information content (AvgIpc) is 2.83. The van der Waals surface area contributed by atoms with E-state index in [0.717, 1.165) is 31.9 Å². The quantitative estimate of drug-likeness (QED) is 0.521. The van der Waals surface area contributed by atoms with E-state index in [2.05, 4.69) is 0 Å². The molecule has 4 atom stereocenters. The van der Waals surface area contributed by atoms with Gasteiger partial charge in [0.25, 0.3) is 0 Å². The lowest BCUT2D eigenvalue weighted by molar-refractivity contribution is -0.162. The number of Topliss-reactive ketones (excluding diaryl/α,β-unsaturated/α-hetero) is 1. The summed E-state index contributed by atoms with van der Waals surface area (Å²) in [7, 11) is 2.15. The number of halogens is 1. The minimum atomic E-state index is -2.06. The van der Waals surface area contributed by atoms with Crippen molar-refractivity contribution in [2.75, 3.05) is 14.2 Å². The summed E-state index contributed by atoms with van der Waals surface area (Å²) in [5, 5.41) is 20.8. The number of hydrogen-bond donors (Lipinski definition) is 0. The first-order chi connectivity index (χ1) is 15.7. The highest BCUT2D eigenvalue weighted by atomic mass is 19.1. The highest BCUT2D eigenvalue weighted by molar-refractivity contribution is 6.11. The van der Waals surface area contributed by atoms with Gasteiger partial charge >= 0.3 is 11.9 Å². The molecule has 168 valence electrons. The Kier molecular flexibility index (Phi) is 6.60. The van der Waals surface area contributed by atoms with Crippen LogP contribution in [0.15, 0.2) is 48.5 Å². The minimum Gasteiger partial charge on any atom is -0.468 e. The van der Waals surface area contributed by atoms with Crippen molar-refractivity contribution in [3.05, 3.63) is 71.0 Å². The summed E-state index contributed by atoms with van der Waals surface area (Å²) in [5.41, 5.74) is -0.553. The fraction of sp³-hybridized carbons (Fsp3) is 0.320. The first-order valence-corrected chi connectivity index (χ1v) is 10.1. The predicted molar refractivity (Wildman–Crippen MR) is 113 cm³/mol. The van der Waals surface area contributed by atoms with Gasteiger partial charge in [-0.3, -0.25) is 14.4 Å². The highest BCUT2D eigenvalue weighted by Crippen LogP contribution is 2.58. The van der Waals surface area contributed by atoms with Crippen LogP contribution in [-0.4, -0.2) is 31.9 Å². The Labute approximate surface area is 190 Å². The van der Waals surface area contributed by atoms with Gasteiger partial charge in [0, 0.05) is 11.8 Å². The van der Waals surface area contributed by atoms with Gasteiger partial charge in [-0.1, -0.05) is 42.0 Å². The first kappa shape index (κ1) is 23.6. The van der Waals surface area contributed by atoms with Crippen molar-refractivity contribution in [3.63, 3.8) is 0 Å². The van der Waals surface area contributed by atoms with E-state index in [0.29, 0.717) is 5.56 Å². The van der Waals surface area contributed by atoms with Crippen molar-refractivity contribution in [2.24, 2.45) is 17.3 Å². The Morgan fingerprint density at radius 3 is 1.61 bits per heavy atom. The van der Waals surface area contributed by atoms with E-state index in [1.807, 2.05) is 19.1 Å². The predicted octanol–water partition coefficient (Wildman–Crippen LogP) is 3.20. The summed E-state index contributed by atoms with van der Waals surface area (Å²) in [5.74, 6) is -9.17. The maximum atomic E-state index is 13.7. The third kappa shape index (κ3) is 3.85. The van der Waals surface area contributed by atoms with Gasteiger partial charge in [-0.05, 0) is 30.2 Å². The molecule has 0 heterocycles. The van der Waals surface area contributed by atoms with Crippen molar-refractivity contribution in [1.82, 2.24) is 0 Å². The molecule has 0 amide bonds. The van der Waals surface area contributed by atoms with Crippen LogP contribution in [-0.2, 0) is 23.9 Å². The van der Waals surface area contributed by atoms with E-state index in [4.69, 9.17) is 9.47 Å². The first-order valence-electron chi connectivity index (χ1n) is 10.1. The maximum Gasteiger partial charge on any atom is 0.316 e. The molecule has 1 aliphatic rings. The topological polar surface area (TPSA) is 117 Å². The number of hydrogen-bond acceptors (Lipinski definition) is 7. The van der Waals surface area contributed by atoms with Crippen LogP contribution in [0.3, 0.4) is 0 Å². The molecule has 0 aliphatic heterocycles. The molecule has 7 nitrogen and oxygen atoms in total. The summed E-state index contributed by atoms with van der Waals surface area (Å²) < 4.78 is 23.3. The zero-order chi connectivity index (χ0) is 24.3. The van der Waals surface area contributed by atoms with E-state index >= 15 is 0 Å². The highest BCUT2D eigenvalue weighted by Gasteiger charge is 2.65. The molecule has 2 aromatic rings. The SMILES string of the molecule is COC(=O)C1C(=O)C(C(=O)OC)C(c2ccc(F)cc2)C(C#N)(C#N)C1c1ccc(C)cc1. The van der Waals surface area contributed by atoms with Gasteiger partial charge in [0.15, 0.2) is 11.2 Å². The standard InChI is InChI=1S/C25H21FN2O5/c1-14-4-6-15(7-5-14)20-18(23(30)32-2)22(29)19(24(31)33-3)21(25(20,12-27)13-28)16-8-10-17(26)11-9-16/h4-11,18-21H,1-3H3. The fourth-order valence-electron chi connectivity index (χ4n) is 4.66. The molecule has 0 bridgehead atoms. The lowest BCUT2D eigenvalue weighted by Gasteiger charge is -2.46. The zero-order valence-corrected chi connectivity index (χ0v) is 18.2. The molecule has 8 heteroatoms. The molecule has 4 unspecified atom stereocenters. The second-order valence-corrected chi connectivity index (χ2v) is 7.91. The van der Waals surface area contributed by atoms with Crippen molar-refractivity contribution in [3.8, 4) is 12.1 Å². The number of ether oxygens (including phenoxy) is 2. The third-order valence-electron chi connectivity index (χ3n) is 6.21. The third-order valence-corrected chi connectivity index (χ3v) is 6.21. The summed E-state index contributed by atoms with van der Waals surface area (Å²) in [6, 6.07) is 15.6. The molecule has 0 aromatic heterocycles. The van der Waals surface area contributed by atoms with Crippen LogP contribution in [0.2, 0.25) is 0 Å². The van der Waals surface area contributed by atoms with Crippen molar-refractivity contribution in [2.45, 2.75) is 18.8 Å². The van der Waals surface area contributed by atoms with E-state index in [1.165, 1.54) is 12.1 Å². The molecule has 1 aliphatic carbocycles. The number of aryl methyl sites for hydroxylation is 1. The molecule has 0 spiro atoms. The lowest BCUT2D eigenvalue weighted by Crippen LogP contribution is -2.55. The number of ketones is 1. The number of nitriles is 2. The van der Waals surface area contributed by atoms with Gasteiger partial charge in [0.2, 0.25) is 0 Å². The molecule has 2 aromatic carbocycles. The van der Waals surface area contributed by atoms with Crippen LogP contribution in [0, 0.1) is 52.7 Å². The number of esters is 2. The van der Waals surface area contributed by atoms with Gasteiger partial charge in [-0.2, -0.15) is 10.5 Å². The number of nitrogens with zero attached hydrogens (tertiary/aromatic N) is 2. The molecular weight excluding hydrogens is 427 g/mol. The average molecular weight is 448 g/mol. The van der Waals surface area contributed by atoms with Crippen LogP contribution in [0.4, 0.5) is 4.39 Å². The summed E-state index contributed by atoms with van der Waals surface area (Å²) >= 11 is 0. The number of carbonyl (C=O) groups is 3. The van der Waals surface area contributed by atoms with Crippen molar-refractivity contribution < 1.29 is 28.2 Å². The molecule has 0 radical (unpaired) electrons. The second kappa shape index (κ2) is 9.22. The monoisotopic (exact) mass is 448 g/mol. The lowest BCUT2D eigenvalue weighted by atomic mass is 9.50. The Balaban J connectivity index is 2.40. The number of methoxy groups -OCH3 is 2. The van der Waals surface area contributed by atoms with Gasteiger partial charge in [0.05, 0.1) is 26.4 Å². The van der Waals surface area contributed by atoms with Gasteiger partial charge in [-0.25, -0.2) is 4.39 Å². The van der Waals surface area contributed by atoms with Gasteiger partial charge < -0.3 is 9.47 Å². The second-order valence-electron chi connectivity index (χ2n) is 7.91. The smallest absolute Gasteiger partial charge is 0.316 e. The van der Waals surface area contributed by atoms with Gasteiger partial charge in [0.1, 0.15) is 17.7 Å². The molecule has 1 fully saturated rings. The molecular formula is C25H21FN2O5. The Bertz CT molecular complexity index is 1070. The molecule has 0 saturated heterocycles. The molecule has 33 heavy (non-hydrogen) atoms. The maximum absolute atomic E-state index is 13.7. The normalized spacial score (nSPS) is 23.6. The van der Waals surface area contributed by atoms with Crippen LogP contribution in [0.5, 0.6) is 0 Å². The zero-order valence-electron chi connectivity index (χ0n) is 18.2. The van der Waals surface area contributed by atoms with Gasteiger partial charge in [-0.15, -0.1) is 0 Å². The Morgan fingerprint density at radius 1 is 0.848 bits per heavy atom. The van der Waals surface area contributed by atoms with Crippen LogP contribution in [0.25, 0.3) is 0 Å². The molecule has 3 rings (SSSR count). The largest absolute Gasteiger partial charge is 0.468 e. The number of rotatable bonds is 4.